The van der Waals surface area contributed by atoms with Crippen molar-refractivity contribution in [1.82, 2.24) is 10.3 Å². The number of nitrogens with zero attached hydrogens (tertiary/aromatic N) is 1. The predicted molar refractivity (Wildman–Crippen MR) is 83.9 cm³/mol. The molecule has 2 heteroatoms. The highest BCUT2D eigenvalue weighted by Gasteiger charge is 2.36. The first kappa shape index (κ1) is 14.1. The van der Waals surface area contributed by atoms with Gasteiger partial charge in [-0.25, -0.2) is 0 Å². The Kier molecular flexibility index (Phi) is 3.85. The Balaban J connectivity index is 1.78. The summed E-state index contributed by atoms with van der Waals surface area (Å²) in [4.78, 5) is 4.39. The van der Waals surface area contributed by atoms with Gasteiger partial charge in [-0.15, -0.1) is 0 Å². The fourth-order valence-electron chi connectivity index (χ4n) is 3.72. The molecule has 2 saturated carbocycles. The third-order valence-corrected chi connectivity index (χ3v) is 5.26. The van der Waals surface area contributed by atoms with Gasteiger partial charge in [-0.2, -0.15) is 0 Å². The number of hydrogen-bond donors (Lipinski definition) is 1. The molecule has 0 spiro atoms. The summed E-state index contributed by atoms with van der Waals surface area (Å²) in [6.07, 6.45) is 10.8. The molecular formula is C18H28N2. The molecule has 0 radical (unpaired) electrons. The molecule has 2 aliphatic carbocycles. The van der Waals surface area contributed by atoms with Crippen LogP contribution < -0.4 is 5.32 Å². The van der Waals surface area contributed by atoms with E-state index in [0.717, 1.165) is 12.0 Å². The maximum Gasteiger partial charge on any atom is 0.0305 e. The molecule has 20 heavy (non-hydrogen) atoms. The van der Waals surface area contributed by atoms with Crippen molar-refractivity contribution in [2.75, 3.05) is 6.54 Å². The van der Waals surface area contributed by atoms with Crippen molar-refractivity contribution in [3.63, 3.8) is 0 Å². The van der Waals surface area contributed by atoms with Crippen LogP contribution in [0.5, 0.6) is 0 Å². The highest BCUT2D eigenvalue weighted by molar-refractivity contribution is 5.27. The van der Waals surface area contributed by atoms with Crippen molar-refractivity contribution in [2.45, 2.75) is 64.8 Å². The van der Waals surface area contributed by atoms with Crippen LogP contribution in [0.2, 0.25) is 0 Å². The van der Waals surface area contributed by atoms with Crippen LogP contribution in [-0.2, 0) is 0 Å². The lowest BCUT2D eigenvalue weighted by atomic mass is 9.65. The molecule has 1 heterocycles. The van der Waals surface area contributed by atoms with E-state index in [1.165, 1.54) is 49.8 Å². The highest BCUT2D eigenvalue weighted by Crippen LogP contribution is 2.47. The maximum atomic E-state index is 4.39. The van der Waals surface area contributed by atoms with Crippen LogP contribution >= 0.6 is 0 Å². The lowest BCUT2D eigenvalue weighted by molar-refractivity contribution is 0.159. The molecule has 1 N–H and O–H groups in total. The smallest absolute Gasteiger partial charge is 0.0305 e. The Labute approximate surface area is 123 Å². The van der Waals surface area contributed by atoms with E-state index in [4.69, 9.17) is 0 Å². The Morgan fingerprint density at radius 3 is 2.80 bits per heavy atom. The molecule has 0 aliphatic heterocycles. The summed E-state index contributed by atoms with van der Waals surface area (Å²) in [6, 6.07) is 2.99. The van der Waals surface area contributed by atoms with Crippen LogP contribution in [-0.4, -0.2) is 17.6 Å². The van der Waals surface area contributed by atoms with Crippen molar-refractivity contribution in [1.29, 1.82) is 0 Å². The van der Waals surface area contributed by atoms with Crippen LogP contribution in [0.3, 0.4) is 0 Å². The summed E-state index contributed by atoms with van der Waals surface area (Å²) in [5.74, 6) is 1.46. The minimum Gasteiger partial charge on any atom is -0.314 e. The average molecular weight is 272 g/mol. The number of nitrogens with one attached hydrogen (secondary N) is 1. The van der Waals surface area contributed by atoms with Crippen molar-refractivity contribution < 1.29 is 0 Å². The zero-order valence-electron chi connectivity index (χ0n) is 13.2. The summed E-state index contributed by atoms with van der Waals surface area (Å²) in [5.41, 5.74) is 3.38. The molecule has 2 atom stereocenters. The zero-order chi connectivity index (χ0) is 14.2. The molecule has 0 saturated heterocycles. The molecule has 2 unspecified atom stereocenters. The standard InChI is InChI=1S/C18H28N2/c1-13-7-9-19-12-17(13)16-10-18(2,3)8-6-14(16)11-20-15-4-5-15/h7,9,12,14-16,20H,4-6,8,10-11H2,1-3H3. The Hall–Kier alpha value is -0.890. The lowest BCUT2D eigenvalue weighted by Crippen LogP contribution is -2.35. The fourth-order valence-corrected chi connectivity index (χ4v) is 3.72. The monoisotopic (exact) mass is 272 g/mol. The molecule has 2 fully saturated rings. The van der Waals surface area contributed by atoms with E-state index < -0.39 is 0 Å². The van der Waals surface area contributed by atoms with E-state index in [0.29, 0.717) is 11.3 Å². The Bertz CT molecular complexity index is 460. The molecule has 0 amide bonds. The number of aryl methyl sites for hydroxylation is 1. The summed E-state index contributed by atoms with van der Waals surface area (Å²) < 4.78 is 0. The molecule has 3 rings (SSSR count). The topological polar surface area (TPSA) is 24.9 Å². The molecule has 2 aliphatic rings. The van der Waals surface area contributed by atoms with Gasteiger partial charge in [0.05, 0.1) is 0 Å². The summed E-state index contributed by atoms with van der Waals surface area (Å²) in [5, 5.41) is 3.75. The van der Waals surface area contributed by atoms with E-state index in [1.807, 2.05) is 6.20 Å². The largest absolute Gasteiger partial charge is 0.314 e. The van der Waals surface area contributed by atoms with Crippen molar-refractivity contribution in [3.8, 4) is 0 Å². The second-order valence-electron chi connectivity index (χ2n) is 7.69. The molecule has 0 aromatic carbocycles. The van der Waals surface area contributed by atoms with Crippen molar-refractivity contribution in [2.24, 2.45) is 11.3 Å². The number of pyridine rings is 1. The molecule has 0 bridgehead atoms. The zero-order valence-corrected chi connectivity index (χ0v) is 13.2. The van der Waals surface area contributed by atoms with Gasteiger partial charge in [0, 0.05) is 18.4 Å². The van der Waals surface area contributed by atoms with Gasteiger partial charge >= 0.3 is 0 Å². The van der Waals surface area contributed by atoms with E-state index in [1.54, 1.807) is 0 Å². The first-order valence-corrected chi connectivity index (χ1v) is 8.19. The summed E-state index contributed by atoms with van der Waals surface area (Å²) in [7, 11) is 0. The van der Waals surface area contributed by atoms with Crippen molar-refractivity contribution in [3.05, 3.63) is 29.6 Å². The second kappa shape index (κ2) is 5.48. The third kappa shape index (κ3) is 3.22. The van der Waals surface area contributed by atoms with Crippen molar-refractivity contribution >= 4 is 0 Å². The highest BCUT2D eigenvalue weighted by atomic mass is 14.9. The van der Waals surface area contributed by atoms with Gasteiger partial charge in [0.25, 0.3) is 0 Å². The minimum atomic E-state index is 0.475. The van der Waals surface area contributed by atoms with Crippen LogP contribution in [0, 0.1) is 18.3 Å². The number of rotatable bonds is 4. The molecule has 1 aromatic heterocycles. The van der Waals surface area contributed by atoms with E-state index in [2.05, 4.69) is 43.3 Å². The predicted octanol–water partition coefficient (Wildman–Crippen LogP) is 4.05. The van der Waals surface area contributed by atoms with Gasteiger partial charge in [0.1, 0.15) is 0 Å². The van der Waals surface area contributed by atoms with E-state index in [9.17, 15) is 0 Å². The average Bonchev–Trinajstić information content (AvgIpc) is 3.21. The van der Waals surface area contributed by atoms with Gasteiger partial charge in [-0.05, 0) is 80.0 Å². The number of aromatic nitrogens is 1. The van der Waals surface area contributed by atoms with Gasteiger partial charge in [-0.3, -0.25) is 4.98 Å². The fraction of sp³-hybridized carbons (Fsp3) is 0.722. The van der Waals surface area contributed by atoms with Crippen LogP contribution in [0.1, 0.15) is 63.0 Å². The van der Waals surface area contributed by atoms with Gasteiger partial charge in [0.15, 0.2) is 0 Å². The SMILES string of the molecule is Cc1ccncc1C1CC(C)(C)CCC1CNC1CC1. The first-order valence-electron chi connectivity index (χ1n) is 8.19. The second-order valence-corrected chi connectivity index (χ2v) is 7.69. The van der Waals surface area contributed by atoms with Gasteiger partial charge in [-0.1, -0.05) is 13.8 Å². The Morgan fingerprint density at radius 2 is 2.10 bits per heavy atom. The van der Waals surface area contributed by atoms with Gasteiger partial charge in [0.2, 0.25) is 0 Å². The van der Waals surface area contributed by atoms with Crippen LogP contribution in [0.4, 0.5) is 0 Å². The molecule has 110 valence electrons. The normalized spacial score (nSPS) is 29.4. The van der Waals surface area contributed by atoms with E-state index in [-0.39, 0.29) is 0 Å². The van der Waals surface area contributed by atoms with Crippen LogP contribution in [0.25, 0.3) is 0 Å². The van der Waals surface area contributed by atoms with Gasteiger partial charge < -0.3 is 5.32 Å². The first-order chi connectivity index (χ1) is 9.55. The van der Waals surface area contributed by atoms with Crippen LogP contribution in [0.15, 0.2) is 18.5 Å². The quantitative estimate of drug-likeness (QED) is 0.894. The lowest BCUT2D eigenvalue weighted by Gasteiger charge is -2.41. The number of hydrogen-bond acceptors (Lipinski definition) is 2. The summed E-state index contributed by atoms with van der Waals surface area (Å²) >= 11 is 0. The minimum absolute atomic E-state index is 0.475. The Morgan fingerprint density at radius 1 is 1.30 bits per heavy atom. The maximum absolute atomic E-state index is 4.39. The third-order valence-electron chi connectivity index (χ3n) is 5.26. The summed E-state index contributed by atoms with van der Waals surface area (Å²) in [6.45, 7) is 8.29. The molecule has 2 nitrogen and oxygen atoms in total. The molecular weight excluding hydrogens is 244 g/mol. The molecule has 1 aromatic rings. The van der Waals surface area contributed by atoms with E-state index >= 15 is 0 Å².